The lowest BCUT2D eigenvalue weighted by Crippen LogP contribution is -2.09. The van der Waals surface area contributed by atoms with E-state index < -0.39 is 16.6 Å². The van der Waals surface area contributed by atoms with Crippen LogP contribution in [-0.2, 0) is 0 Å². The van der Waals surface area contributed by atoms with Crippen LogP contribution < -0.4 is 5.32 Å². The summed E-state index contributed by atoms with van der Waals surface area (Å²) in [5, 5.41) is 13.5. The van der Waals surface area contributed by atoms with Gasteiger partial charge in [-0.1, -0.05) is 0 Å². The molecular formula is C13H11F2N3O2. The van der Waals surface area contributed by atoms with Gasteiger partial charge in [-0.05, 0) is 25.1 Å². The Morgan fingerprint density at radius 1 is 1.25 bits per heavy atom. The van der Waals surface area contributed by atoms with Gasteiger partial charge < -0.3 is 5.32 Å². The zero-order valence-electron chi connectivity index (χ0n) is 10.5. The van der Waals surface area contributed by atoms with Crippen molar-refractivity contribution in [1.82, 2.24) is 4.98 Å². The summed E-state index contributed by atoms with van der Waals surface area (Å²) in [5.74, 6) is -1.16. The van der Waals surface area contributed by atoms with Crippen LogP contribution in [0.25, 0.3) is 0 Å². The number of hydrogen-bond acceptors (Lipinski definition) is 4. The maximum Gasteiger partial charge on any atom is 0.274 e. The maximum atomic E-state index is 13.3. The molecule has 2 rings (SSSR count). The van der Waals surface area contributed by atoms with Crippen LogP contribution in [0.1, 0.15) is 18.7 Å². The molecule has 2 aromatic rings. The van der Waals surface area contributed by atoms with Crippen LogP contribution >= 0.6 is 0 Å². The SMILES string of the molecule is CC(Nc1cc(F)cc([N+](=O)[O-])c1)c1ccc(F)cn1. The minimum Gasteiger partial charge on any atom is -0.377 e. The number of nitrogens with one attached hydrogen (secondary N) is 1. The first-order chi connectivity index (χ1) is 9.45. The van der Waals surface area contributed by atoms with Crippen molar-refractivity contribution in [1.29, 1.82) is 0 Å². The summed E-state index contributed by atoms with van der Waals surface area (Å²) < 4.78 is 26.0. The van der Waals surface area contributed by atoms with Gasteiger partial charge in [0.25, 0.3) is 5.69 Å². The summed E-state index contributed by atoms with van der Waals surface area (Å²) in [7, 11) is 0. The third-order valence-electron chi connectivity index (χ3n) is 2.67. The van der Waals surface area contributed by atoms with Crippen molar-refractivity contribution in [2.45, 2.75) is 13.0 Å². The number of benzene rings is 1. The Hall–Kier alpha value is -2.57. The summed E-state index contributed by atoms with van der Waals surface area (Å²) in [4.78, 5) is 13.9. The zero-order valence-corrected chi connectivity index (χ0v) is 10.5. The molecule has 1 heterocycles. The molecule has 0 fully saturated rings. The fourth-order valence-corrected chi connectivity index (χ4v) is 1.73. The quantitative estimate of drug-likeness (QED) is 0.687. The first-order valence-electron chi connectivity index (χ1n) is 5.78. The Balaban J connectivity index is 2.21. The number of rotatable bonds is 4. The van der Waals surface area contributed by atoms with Gasteiger partial charge in [-0.25, -0.2) is 8.78 Å². The number of nitrogens with zero attached hydrogens (tertiary/aromatic N) is 2. The van der Waals surface area contributed by atoms with Gasteiger partial charge in [0.15, 0.2) is 0 Å². The van der Waals surface area contributed by atoms with Gasteiger partial charge in [-0.2, -0.15) is 0 Å². The molecule has 5 nitrogen and oxygen atoms in total. The first kappa shape index (κ1) is 13.9. The molecule has 7 heteroatoms. The van der Waals surface area contributed by atoms with Crippen molar-refractivity contribution in [2.75, 3.05) is 5.32 Å². The van der Waals surface area contributed by atoms with Crippen LogP contribution in [0.3, 0.4) is 0 Å². The van der Waals surface area contributed by atoms with E-state index in [2.05, 4.69) is 10.3 Å². The van der Waals surface area contributed by atoms with E-state index in [1.165, 1.54) is 18.2 Å². The minimum absolute atomic E-state index is 0.260. The fourth-order valence-electron chi connectivity index (χ4n) is 1.73. The van der Waals surface area contributed by atoms with E-state index in [1.54, 1.807) is 6.92 Å². The number of hydrogen-bond donors (Lipinski definition) is 1. The van der Waals surface area contributed by atoms with Crippen LogP contribution in [0.4, 0.5) is 20.2 Å². The van der Waals surface area contributed by atoms with E-state index >= 15 is 0 Å². The fraction of sp³-hybridized carbons (Fsp3) is 0.154. The number of non-ortho nitro benzene ring substituents is 1. The van der Waals surface area contributed by atoms with Gasteiger partial charge in [0.05, 0.1) is 28.9 Å². The van der Waals surface area contributed by atoms with Gasteiger partial charge in [-0.15, -0.1) is 0 Å². The highest BCUT2D eigenvalue weighted by Crippen LogP contribution is 2.23. The van der Waals surface area contributed by atoms with Gasteiger partial charge in [-0.3, -0.25) is 15.1 Å². The van der Waals surface area contributed by atoms with Crippen molar-refractivity contribution >= 4 is 11.4 Å². The number of nitro groups is 1. The van der Waals surface area contributed by atoms with Crippen molar-refractivity contribution in [2.24, 2.45) is 0 Å². The van der Waals surface area contributed by atoms with Crippen LogP contribution in [0, 0.1) is 21.7 Å². The molecule has 0 saturated heterocycles. The highest BCUT2D eigenvalue weighted by molar-refractivity contribution is 5.52. The van der Waals surface area contributed by atoms with Crippen molar-refractivity contribution in [3.05, 3.63) is 64.0 Å². The topological polar surface area (TPSA) is 68.1 Å². The molecule has 0 saturated carbocycles. The molecule has 0 radical (unpaired) electrons. The minimum atomic E-state index is -0.707. The van der Waals surface area contributed by atoms with E-state index in [-0.39, 0.29) is 17.4 Å². The summed E-state index contributed by atoms with van der Waals surface area (Å²) in [6, 6.07) is 5.61. The lowest BCUT2D eigenvalue weighted by atomic mass is 10.2. The third kappa shape index (κ3) is 3.25. The number of aromatic nitrogens is 1. The van der Waals surface area contributed by atoms with Crippen LogP contribution in [-0.4, -0.2) is 9.91 Å². The maximum absolute atomic E-state index is 13.3. The molecule has 1 aromatic carbocycles. The van der Waals surface area contributed by atoms with Gasteiger partial charge in [0.1, 0.15) is 11.6 Å². The van der Waals surface area contributed by atoms with E-state index in [0.29, 0.717) is 5.69 Å². The number of halogens is 2. The van der Waals surface area contributed by atoms with Crippen molar-refractivity contribution < 1.29 is 13.7 Å². The Bertz CT molecular complexity index is 632. The molecule has 20 heavy (non-hydrogen) atoms. The van der Waals surface area contributed by atoms with Crippen LogP contribution in [0.5, 0.6) is 0 Å². The van der Waals surface area contributed by atoms with Gasteiger partial charge >= 0.3 is 0 Å². The normalized spacial score (nSPS) is 11.9. The second-order valence-corrected chi connectivity index (χ2v) is 4.22. The van der Waals surface area contributed by atoms with Crippen LogP contribution in [0.2, 0.25) is 0 Å². The largest absolute Gasteiger partial charge is 0.377 e. The zero-order chi connectivity index (χ0) is 14.7. The lowest BCUT2D eigenvalue weighted by Gasteiger charge is -2.14. The van der Waals surface area contributed by atoms with E-state index in [9.17, 15) is 18.9 Å². The average Bonchev–Trinajstić information content (AvgIpc) is 2.38. The Morgan fingerprint density at radius 3 is 2.60 bits per heavy atom. The highest BCUT2D eigenvalue weighted by atomic mass is 19.1. The van der Waals surface area contributed by atoms with E-state index in [4.69, 9.17) is 0 Å². The smallest absolute Gasteiger partial charge is 0.274 e. The lowest BCUT2D eigenvalue weighted by molar-refractivity contribution is -0.385. The molecule has 1 aromatic heterocycles. The Labute approximate surface area is 113 Å². The van der Waals surface area contributed by atoms with Crippen molar-refractivity contribution in [3.63, 3.8) is 0 Å². The summed E-state index contributed by atoms with van der Waals surface area (Å²) in [6.07, 6.45) is 1.07. The van der Waals surface area contributed by atoms with Gasteiger partial charge in [0.2, 0.25) is 0 Å². The summed E-state index contributed by atoms with van der Waals surface area (Å²) in [5.41, 5.74) is 0.459. The number of nitro benzene ring substituents is 1. The first-order valence-corrected chi connectivity index (χ1v) is 5.78. The van der Waals surface area contributed by atoms with Crippen LogP contribution in [0.15, 0.2) is 36.5 Å². The highest BCUT2D eigenvalue weighted by Gasteiger charge is 2.12. The molecule has 0 aliphatic rings. The standard InChI is InChI=1S/C13H11F2N3O2/c1-8(13-3-2-9(14)7-16-13)17-11-4-10(15)5-12(6-11)18(19)20/h2-8,17H,1H3. The molecule has 1 N–H and O–H groups in total. The molecule has 1 unspecified atom stereocenters. The predicted molar refractivity (Wildman–Crippen MR) is 69.3 cm³/mol. The molecular weight excluding hydrogens is 268 g/mol. The second kappa shape index (κ2) is 5.60. The number of pyridine rings is 1. The molecule has 104 valence electrons. The van der Waals surface area contributed by atoms with Crippen molar-refractivity contribution in [3.8, 4) is 0 Å². The molecule has 0 amide bonds. The number of anilines is 1. The Kier molecular flexibility index (Phi) is 3.88. The Morgan fingerprint density at radius 2 is 2.00 bits per heavy atom. The molecule has 1 atom stereocenters. The summed E-state index contributed by atoms with van der Waals surface area (Å²) >= 11 is 0. The van der Waals surface area contributed by atoms with E-state index in [1.807, 2.05) is 0 Å². The van der Waals surface area contributed by atoms with Gasteiger partial charge in [0, 0.05) is 11.8 Å². The molecule has 0 spiro atoms. The average molecular weight is 279 g/mol. The van der Waals surface area contributed by atoms with E-state index in [0.717, 1.165) is 18.3 Å². The molecule has 0 bridgehead atoms. The second-order valence-electron chi connectivity index (χ2n) is 4.22. The summed E-state index contributed by atoms with van der Waals surface area (Å²) in [6.45, 7) is 1.73. The molecule has 0 aliphatic heterocycles. The third-order valence-corrected chi connectivity index (χ3v) is 2.67. The predicted octanol–water partition coefficient (Wildman–Crippen LogP) is 3.44. The monoisotopic (exact) mass is 279 g/mol. The molecule has 0 aliphatic carbocycles.